The Labute approximate surface area is 205 Å². The zero-order valence-corrected chi connectivity index (χ0v) is 21.2. The summed E-state index contributed by atoms with van der Waals surface area (Å²) < 4.78 is 32.7. The van der Waals surface area contributed by atoms with Gasteiger partial charge in [0, 0.05) is 24.1 Å². The number of hydrogen-bond acceptors (Lipinski definition) is 8. The molecule has 10 heteroatoms. The van der Waals surface area contributed by atoms with Crippen LogP contribution in [0.5, 0.6) is 5.88 Å². The third-order valence-corrected chi connectivity index (χ3v) is 8.43. The first-order chi connectivity index (χ1) is 16.8. The summed E-state index contributed by atoms with van der Waals surface area (Å²) in [6.45, 7) is 6.11. The second-order valence-corrected chi connectivity index (χ2v) is 11.0. The maximum absolute atomic E-state index is 13.7. The monoisotopic (exact) mass is 501 g/mol. The number of rotatable bonds is 7. The molecule has 1 fully saturated rings. The lowest BCUT2D eigenvalue weighted by atomic mass is 9.89. The molecule has 2 heterocycles. The van der Waals surface area contributed by atoms with Crippen molar-refractivity contribution in [3.8, 4) is 5.88 Å². The molecule has 4 rings (SSSR count). The quantitative estimate of drug-likeness (QED) is 0.321. The van der Waals surface area contributed by atoms with Crippen LogP contribution in [0.4, 0.5) is 0 Å². The van der Waals surface area contributed by atoms with Crippen molar-refractivity contribution in [2.24, 2.45) is 11.1 Å². The summed E-state index contributed by atoms with van der Waals surface area (Å²) in [5.41, 5.74) is 1.86. The van der Waals surface area contributed by atoms with Gasteiger partial charge in [-0.2, -0.15) is 5.10 Å². The number of carbonyl (C=O) groups excluding carboxylic acids is 2. The number of fused-ring (bicyclic) bond motifs is 1. The molecular weight excluding hydrogens is 470 g/mol. The zero-order valence-electron chi connectivity index (χ0n) is 20.4. The molecule has 1 aliphatic heterocycles. The standard InChI is InChI=1S/C25H31N3O6S/c1-4-28-24(34-25(30)17-9-7-6-8-10-17)19(15-26-28)23(29)18-11-12-21-22(16(18)3)20(27-33-5-2)13-14-35(21,31)32/h11-12,15,17H,4-10,13-14H2,1-3H3. The molecule has 1 saturated carbocycles. The fourth-order valence-corrected chi connectivity index (χ4v) is 6.31. The van der Waals surface area contributed by atoms with Crippen LogP contribution in [0.3, 0.4) is 0 Å². The molecule has 1 aliphatic carbocycles. The maximum Gasteiger partial charge on any atom is 0.315 e. The van der Waals surface area contributed by atoms with E-state index >= 15 is 0 Å². The molecule has 0 radical (unpaired) electrons. The SMILES string of the molecule is CCON=C1CCS(=O)(=O)c2ccc(C(=O)c3cnn(CC)c3OC(=O)C3CCCCC3)c(C)c21. The Kier molecular flexibility index (Phi) is 7.39. The predicted molar refractivity (Wildman–Crippen MR) is 130 cm³/mol. The number of nitrogens with zero attached hydrogens (tertiary/aromatic N) is 3. The van der Waals surface area contributed by atoms with Crippen molar-refractivity contribution in [3.05, 3.63) is 40.6 Å². The van der Waals surface area contributed by atoms with Gasteiger partial charge in [-0.3, -0.25) is 9.59 Å². The van der Waals surface area contributed by atoms with Crippen molar-refractivity contribution in [1.82, 2.24) is 9.78 Å². The Morgan fingerprint density at radius 1 is 1.14 bits per heavy atom. The summed E-state index contributed by atoms with van der Waals surface area (Å²) in [6, 6.07) is 2.96. The summed E-state index contributed by atoms with van der Waals surface area (Å²) in [4.78, 5) is 31.9. The van der Waals surface area contributed by atoms with Gasteiger partial charge in [0.15, 0.2) is 15.6 Å². The highest BCUT2D eigenvalue weighted by molar-refractivity contribution is 7.91. The Hall–Kier alpha value is -3.01. The fourth-order valence-electron chi connectivity index (χ4n) is 4.78. The summed E-state index contributed by atoms with van der Waals surface area (Å²) in [5, 5.41) is 8.38. The van der Waals surface area contributed by atoms with Crippen LogP contribution in [-0.2, 0) is 26.0 Å². The average molecular weight is 502 g/mol. The highest BCUT2D eigenvalue weighted by atomic mass is 32.2. The second-order valence-electron chi connectivity index (χ2n) is 8.90. The first kappa shape index (κ1) is 25.1. The van der Waals surface area contributed by atoms with Crippen molar-refractivity contribution in [2.45, 2.75) is 70.7 Å². The smallest absolute Gasteiger partial charge is 0.315 e. The fraction of sp³-hybridized carbons (Fsp3) is 0.520. The van der Waals surface area contributed by atoms with Crippen LogP contribution in [0.15, 0.2) is 28.4 Å². The lowest BCUT2D eigenvalue weighted by molar-refractivity contribution is -0.140. The molecule has 0 N–H and O–H groups in total. The van der Waals surface area contributed by atoms with E-state index in [0.717, 1.165) is 32.1 Å². The first-order valence-corrected chi connectivity index (χ1v) is 13.8. The van der Waals surface area contributed by atoms with Crippen LogP contribution >= 0.6 is 0 Å². The van der Waals surface area contributed by atoms with Crippen LogP contribution in [0, 0.1) is 12.8 Å². The predicted octanol–water partition coefficient (Wildman–Crippen LogP) is 3.85. The molecule has 1 aromatic carbocycles. The van der Waals surface area contributed by atoms with Crippen molar-refractivity contribution in [1.29, 1.82) is 0 Å². The molecule has 0 spiro atoms. The number of carbonyl (C=O) groups is 2. The molecular formula is C25H31N3O6S. The molecule has 9 nitrogen and oxygen atoms in total. The number of oxime groups is 1. The van der Waals surface area contributed by atoms with Gasteiger partial charge in [-0.15, -0.1) is 0 Å². The number of aryl methyl sites for hydroxylation is 1. The minimum Gasteiger partial charge on any atom is -0.407 e. The minimum absolute atomic E-state index is 0.0663. The number of aromatic nitrogens is 2. The van der Waals surface area contributed by atoms with Crippen LogP contribution in [-0.4, -0.2) is 48.0 Å². The van der Waals surface area contributed by atoms with E-state index in [2.05, 4.69) is 10.3 Å². The van der Waals surface area contributed by atoms with Gasteiger partial charge in [0.25, 0.3) is 0 Å². The Balaban J connectivity index is 1.74. The number of ketones is 1. The van der Waals surface area contributed by atoms with E-state index in [0.29, 0.717) is 35.6 Å². The van der Waals surface area contributed by atoms with Crippen molar-refractivity contribution >= 4 is 27.3 Å². The average Bonchev–Trinajstić information content (AvgIpc) is 3.26. The summed E-state index contributed by atoms with van der Waals surface area (Å²) in [6.07, 6.45) is 6.25. The second kappa shape index (κ2) is 10.3. The number of esters is 1. The van der Waals surface area contributed by atoms with Crippen LogP contribution in [0.2, 0.25) is 0 Å². The molecule has 35 heavy (non-hydrogen) atoms. The number of hydrogen-bond donors (Lipinski definition) is 0. The molecule has 2 aliphatic rings. The first-order valence-electron chi connectivity index (χ1n) is 12.2. The highest BCUT2D eigenvalue weighted by Crippen LogP contribution is 2.33. The van der Waals surface area contributed by atoms with Gasteiger partial charge < -0.3 is 9.57 Å². The third-order valence-electron chi connectivity index (χ3n) is 6.68. The topological polar surface area (TPSA) is 117 Å². The van der Waals surface area contributed by atoms with Crippen LogP contribution in [0.1, 0.15) is 79.4 Å². The molecule has 0 atom stereocenters. The lowest BCUT2D eigenvalue weighted by Gasteiger charge is -2.22. The normalized spacial score (nSPS) is 18.8. The van der Waals surface area contributed by atoms with Crippen molar-refractivity contribution in [3.63, 3.8) is 0 Å². The van der Waals surface area contributed by atoms with Gasteiger partial charge >= 0.3 is 5.97 Å². The Morgan fingerprint density at radius 3 is 2.57 bits per heavy atom. The van der Waals surface area contributed by atoms with Crippen LogP contribution in [0.25, 0.3) is 0 Å². The van der Waals surface area contributed by atoms with E-state index in [1.54, 1.807) is 13.8 Å². The van der Waals surface area contributed by atoms with E-state index in [1.807, 2.05) is 6.92 Å². The van der Waals surface area contributed by atoms with E-state index in [4.69, 9.17) is 9.57 Å². The Bertz CT molecular complexity index is 1270. The molecule has 0 unspecified atom stereocenters. The Morgan fingerprint density at radius 2 is 1.89 bits per heavy atom. The van der Waals surface area contributed by atoms with E-state index < -0.39 is 15.6 Å². The van der Waals surface area contributed by atoms with Gasteiger partial charge in [0.2, 0.25) is 5.88 Å². The number of ether oxygens (including phenoxy) is 1. The largest absolute Gasteiger partial charge is 0.407 e. The van der Waals surface area contributed by atoms with Crippen molar-refractivity contribution in [2.75, 3.05) is 12.4 Å². The lowest BCUT2D eigenvalue weighted by Crippen LogP contribution is -2.25. The molecule has 0 amide bonds. The maximum atomic E-state index is 13.7. The molecule has 0 bridgehead atoms. The minimum atomic E-state index is -3.50. The third kappa shape index (κ3) is 4.89. The van der Waals surface area contributed by atoms with Crippen molar-refractivity contribution < 1.29 is 27.6 Å². The molecule has 188 valence electrons. The van der Waals surface area contributed by atoms with Gasteiger partial charge in [0.1, 0.15) is 12.2 Å². The van der Waals surface area contributed by atoms with Gasteiger partial charge in [0.05, 0.1) is 28.5 Å². The van der Waals surface area contributed by atoms with Gasteiger partial charge in [-0.25, -0.2) is 13.1 Å². The molecule has 1 aromatic heterocycles. The number of benzene rings is 1. The molecule has 2 aromatic rings. The van der Waals surface area contributed by atoms with E-state index in [1.165, 1.54) is 23.0 Å². The summed E-state index contributed by atoms with van der Waals surface area (Å²) in [5.74, 6) is -0.854. The zero-order chi connectivity index (χ0) is 25.2. The summed E-state index contributed by atoms with van der Waals surface area (Å²) in [7, 11) is -3.50. The molecule has 0 saturated heterocycles. The van der Waals surface area contributed by atoms with E-state index in [9.17, 15) is 18.0 Å². The van der Waals surface area contributed by atoms with Gasteiger partial charge in [-0.05, 0) is 51.3 Å². The van der Waals surface area contributed by atoms with Gasteiger partial charge in [-0.1, -0.05) is 24.4 Å². The highest BCUT2D eigenvalue weighted by Gasteiger charge is 2.33. The van der Waals surface area contributed by atoms with E-state index in [-0.39, 0.29) is 40.4 Å². The van der Waals surface area contributed by atoms with Crippen LogP contribution < -0.4 is 4.74 Å². The number of sulfone groups is 1. The summed E-state index contributed by atoms with van der Waals surface area (Å²) >= 11 is 0.